The summed E-state index contributed by atoms with van der Waals surface area (Å²) in [5.74, 6) is -0.893. The van der Waals surface area contributed by atoms with Crippen molar-refractivity contribution in [3.8, 4) is 0 Å². The summed E-state index contributed by atoms with van der Waals surface area (Å²) in [6.07, 6.45) is 4.08. The van der Waals surface area contributed by atoms with Gasteiger partial charge in [0, 0.05) is 30.3 Å². The minimum Gasteiger partial charge on any atom is -0.367 e. The van der Waals surface area contributed by atoms with Crippen LogP contribution in [0.3, 0.4) is 0 Å². The fraction of sp³-hybridized carbons (Fsp3) is 0.174. The van der Waals surface area contributed by atoms with Gasteiger partial charge in [-0.2, -0.15) is 0 Å². The van der Waals surface area contributed by atoms with Crippen LogP contribution in [0.1, 0.15) is 16.7 Å². The van der Waals surface area contributed by atoms with Crippen LogP contribution in [0, 0.1) is 0 Å². The first-order chi connectivity index (χ1) is 14.5. The molecule has 7 heteroatoms. The smallest absolute Gasteiger partial charge is 0.265 e. The number of carbonyl (C=O) groups excluding carboxylic acids is 2. The Morgan fingerprint density at radius 2 is 2.00 bits per heavy atom. The highest BCUT2D eigenvalue weighted by molar-refractivity contribution is 7.80. The maximum atomic E-state index is 12.7. The number of nitrogens with zero attached hydrogens (tertiary/aromatic N) is 2. The fourth-order valence-corrected chi connectivity index (χ4v) is 4.18. The number of rotatable bonds is 5. The number of halogens is 1. The van der Waals surface area contributed by atoms with Crippen molar-refractivity contribution >= 4 is 52.5 Å². The van der Waals surface area contributed by atoms with E-state index in [1.165, 1.54) is 10.5 Å². The SMILES string of the molecule is C=CCN1C(=O)/C(=C/c2ccc3c(c2)CCN3Cc2ccccc2Cl)C(=O)NC1=S. The first kappa shape index (κ1) is 20.3. The minimum atomic E-state index is -0.480. The molecule has 0 saturated carbocycles. The summed E-state index contributed by atoms with van der Waals surface area (Å²) in [7, 11) is 0. The maximum Gasteiger partial charge on any atom is 0.265 e. The van der Waals surface area contributed by atoms with Gasteiger partial charge in [0.2, 0.25) is 0 Å². The third-order valence-electron chi connectivity index (χ3n) is 5.22. The predicted octanol–water partition coefficient (Wildman–Crippen LogP) is 3.72. The number of benzene rings is 2. The molecule has 0 bridgehead atoms. The van der Waals surface area contributed by atoms with E-state index >= 15 is 0 Å². The van der Waals surface area contributed by atoms with Crippen molar-refractivity contribution in [3.05, 3.63) is 82.4 Å². The Kier molecular flexibility index (Phi) is 5.70. The molecule has 152 valence electrons. The summed E-state index contributed by atoms with van der Waals surface area (Å²) in [6, 6.07) is 13.8. The van der Waals surface area contributed by atoms with Gasteiger partial charge in [0.15, 0.2) is 5.11 Å². The number of hydrogen-bond acceptors (Lipinski definition) is 4. The molecule has 0 atom stereocenters. The van der Waals surface area contributed by atoms with Crippen molar-refractivity contribution in [2.24, 2.45) is 0 Å². The van der Waals surface area contributed by atoms with Crippen LogP contribution in [0.15, 0.2) is 60.7 Å². The van der Waals surface area contributed by atoms with Crippen LogP contribution in [-0.4, -0.2) is 34.9 Å². The van der Waals surface area contributed by atoms with Gasteiger partial charge in [0.05, 0.1) is 0 Å². The van der Waals surface area contributed by atoms with Crippen LogP contribution in [-0.2, 0) is 22.6 Å². The first-order valence-corrected chi connectivity index (χ1v) is 10.4. The summed E-state index contributed by atoms with van der Waals surface area (Å²) in [4.78, 5) is 28.6. The van der Waals surface area contributed by atoms with Crippen molar-refractivity contribution in [2.45, 2.75) is 13.0 Å². The molecule has 1 saturated heterocycles. The van der Waals surface area contributed by atoms with E-state index in [1.807, 2.05) is 42.5 Å². The Morgan fingerprint density at radius 1 is 1.20 bits per heavy atom. The Balaban J connectivity index is 1.58. The monoisotopic (exact) mass is 437 g/mol. The summed E-state index contributed by atoms with van der Waals surface area (Å²) < 4.78 is 0. The lowest BCUT2D eigenvalue weighted by atomic mass is 10.0. The van der Waals surface area contributed by atoms with Gasteiger partial charge in [0.1, 0.15) is 5.57 Å². The van der Waals surface area contributed by atoms with Gasteiger partial charge in [-0.25, -0.2) is 0 Å². The van der Waals surface area contributed by atoms with E-state index < -0.39 is 11.8 Å². The van der Waals surface area contributed by atoms with Crippen LogP contribution in [0.25, 0.3) is 6.08 Å². The molecule has 2 amide bonds. The average Bonchev–Trinajstić information content (AvgIpc) is 3.12. The molecule has 0 aromatic heterocycles. The van der Waals surface area contributed by atoms with Gasteiger partial charge >= 0.3 is 0 Å². The van der Waals surface area contributed by atoms with Gasteiger partial charge in [-0.05, 0) is 59.6 Å². The van der Waals surface area contributed by atoms with E-state index in [1.54, 1.807) is 12.2 Å². The van der Waals surface area contributed by atoms with Crippen molar-refractivity contribution in [1.29, 1.82) is 0 Å². The Bertz CT molecular complexity index is 1100. The van der Waals surface area contributed by atoms with Crippen molar-refractivity contribution in [1.82, 2.24) is 10.2 Å². The number of thiocarbonyl (C=S) groups is 1. The molecular weight excluding hydrogens is 418 g/mol. The molecule has 30 heavy (non-hydrogen) atoms. The average molecular weight is 438 g/mol. The second kappa shape index (κ2) is 8.42. The predicted molar refractivity (Wildman–Crippen MR) is 123 cm³/mol. The third kappa shape index (κ3) is 3.88. The third-order valence-corrected chi connectivity index (χ3v) is 5.91. The number of hydrogen-bond donors (Lipinski definition) is 1. The van der Waals surface area contributed by atoms with E-state index in [0.29, 0.717) is 0 Å². The van der Waals surface area contributed by atoms with Gasteiger partial charge in [0.25, 0.3) is 11.8 Å². The number of carbonyl (C=O) groups is 2. The largest absolute Gasteiger partial charge is 0.367 e. The van der Waals surface area contributed by atoms with E-state index in [-0.39, 0.29) is 17.2 Å². The van der Waals surface area contributed by atoms with Crippen molar-refractivity contribution in [3.63, 3.8) is 0 Å². The molecule has 2 aromatic rings. The van der Waals surface area contributed by atoms with Crippen LogP contribution < -0.4 is 10.2 Å². The molecule has 2 aromatic carbocycles. The second-order valence-electron chi connectivity index (χ2n) is 7.17. The summed E-state index contributed by atoms with van der Waals surface area (Å²) in [6.45, 7) is 5.51. The molecule has 1 fully saturated rings. The molecular formula is C23H20ClN3O2S. The number of fused-ring (bicyclic) bond motifs is 1. The Morgan fingerprint density at radius 3 is 2.77 bits per heavy atom. The highest BCUT2D eigenvalue weighted by Gasteiger charge is 2.32. The molecule has 0 unspecified atom stereocenters. The molecule has 2 aliphatic heterocycles. The van der Waals surface area contributed by atoms with Gasteiger partial charge in [-0.1, -0.05) is 41.9 Å². The van der Waals surface area contributed by atoms with Gasteiger partial charge < -0.3 is 4.90 Å². The lowest BCUT2D eigenvalue weighted by Crippen LogP contribution is -2.53. The zero-order chi connectivity index (χ0) is 21.3. The zero-order valence-corrected chi connectivity index (χ0v) is 17.8. The molecule has 1 N–H and O–H groups in total. The molecule has 5 nitrogen and oxygen atoms in total. The fourth-order valence-electron chi connectivity index (χ4n) is 3.73. The van der Waals surface area contributed by atoms with E-state index in [4.69, 9.17) is 23.8 Å². The zero-order valence-electron chi connectivity index (χ0n) is 16.2. The highest BCUT2D eigenvalue weighted by atomic mass is 35.5. The van der Waals surface area contributed by atoms with Crippen LogP contribution in [0.4, 0.5) is 5.69 Å². The van der Waals surface area contributed by atoms with Crippen LogP contribution >= 0.6 is 23.8 Å². The molecule has 2 aliphatic rings. The Labute approximate surface area is 185 Å². The number of amides is 2. The van der Waals surface area contributed by atoms with Crippen LogP contribution in [0.2, 0.25) is 5.02 Å². The lowest BCUT2D eigenvalue weighted by molar-refractivity contribution is -0.128. The van der Waals surface area contributed by atoms with Gasteiger partial charge in [-0.15, -0.1) is 6.58 Å². The van der Waals surface area contributed by atoms with Crippen molar-refractivity contribution < 1.29 is 9.59 Å². The standard InChI is InChI=1S/C23H20ClN3O2S/c1-2-10-27-22(29)18(21(28)25-23(27)30)13-15-7-8-20-16(12-15)9-11-26(20)14-17-5-3-4-6-19(17)24/h2-8,12-13H,1,9-11,14H2,(H,25,28,30)/b18-13+. The summed E-state index contributed by atoms with van der Waals surface area (Å²) >= 11 is 11.4. The highest BCUT2D eigenvalue weighted by Crippen LogP contribution is 2.32. The first-order valence-electron chi connectivity index (χ1n) is 9.59. The van der Waals surface area contributed by atoms with Gasteiger partial charge in [-0.3, -0.25) is 19.8 Å². The minimum absolute atomic E-state index is 0.0660. The Hall–Kier alpha value is -2.96. The summed E-state index contributed by atoms with van der Waals surface area (Å²) in [5.41, 5.74) is 4.28. The molecule has 0 spiro atoms. The van der Waals surface area contributed by atoms with E-state index in [0.717, 1.165) is 41.3 Å². The number of anilines is 1. The van der Waals surface area contributed by atoms with Crippen LogP contribution in [0.5, 0.6) is 0 Å². The molecule has 4 rings (SSSR count). The summed E-state index contributed by atoms with van der Waals surface area (Å²) in [5, 5.41) is 3.43. The topological polar surface area (TPSA) is 52.7 Å². The molecule has 0 aliphatic carbocycles. The lowest BCUT2D eigenvalue weighted by Gasteiger charge is -2.27. The maximum absolute atomic E-state index is 12.7. The van der Waals surface area contributed by atoms with E-state index in [9.17, 15) is 9.59 Å². The quantitative estimate of drug-likeness (QED) is 0.335. The molecule has 2 heterocycles. The van der Waals surface area contributed by atoms with E-state index in [2.05, 4.69) is 16.8 Å². The van der Waals surface area contributed by atoms with Crippen molar-refractivity contribution in [2.75, 3.05) is 18.0 Å². The molecule has 0 radical (unpaired) electrons. The number of nitrogens with one attached hydrogen (secondary N) is 1. The normalized spacial score (nSPS) is 17.4. The second-order valence-corrected chi connectivity index (χ2v) is 7.97.